The Kier molecular flexibility index (Phi) is 3.39. The fourth-order valence-electron chi connectivity index (χ4n) is 4.15. The van der Waals surface area contributed by atoms with Crippen molar-refractivity contribution in [3.63, 3.8) is 0 Å². The van der Waals surface area contributed by atoms with Gasteiger partial charge >= 0.3 is 0 Å². The van der Waals surface area contributed by atoms with E-state index < -0.39 is 0 Å². The van der Waals surface area contributed by atoms with Gasteiger partial charge in [-0.3, -0.25) is 0 Å². The number of hydrogen-bond donors (Lipinski definition) is 0. The van der Waals surface area contributed by atoms with Crippen LogP contribution in [-0.4, -0.2) is 33.1 Å². The molecule has 140 valence electrons. The molecule has 0 spiro atoms. The van der Waals surface area contributed by atoms with Crippen LogP contribution in [0.15, 0.2) is 36.4 Å². The Morgan fingerprint density at radius 3 is 2.26 bits per heavy atom. The van der Waals surface area contributed by atoms with E-state index in [1.165, 1.54) is 0 Å². The van der Waals surface area contributed by atoms with Gasteiger partial charge in [0.2, 0.25) is 19.9 Å². The third kappa shape index (κ3) is 2.49. The average Bonchev–Trinajstić information content (AvgIpc) is 3.46. The molecule has 0 unspecified atom stereocenters. The molecule has 7 nitrogen and oxygen atoms in total. The minimum Gasteiger partial charge on any atom is -0.464 e. The van der Waals surface area contributed by atoms with Crippen molar-refractivity contribution in [2.75, 3.05) is 26.8 Å². The molecule has 2 fully saturated rings. The topological polar surface area (TPSA) is 64.6 Å². The maximum atomic E-state index is 6.11. The second-order valence-electron chi connectivity index (χ2n) is 7.03. The van der Waals surface area contributed by atoms with Crippen molar-refractivity contribution in [3.05, 3.63) is 42.0 Å². The maximum absolute atomic E-state index is 6.11. The highest BCUT2D eigenvalue weighted by atomic mass is 16.7. The van der Waals surface area contributed by atoms with Gasteiger partial charge in [0.15, 0.2) is 23.0 Å². The Balaban J connectivity index is 1.19. The van der Waals surface area contributed by atoms with Crippen LogP contribution in [0.3, 0.4) is 0 Å². The summed E-state index contributed by atoms with van der Waals surface area (Å²) in [6.45, 7) is 1.71. The lowest BCUT2D eigenvalue weighted by molar-refractivity contribution is -0.0788. The first-order valence-corrected chi connectivity index (χ1v) is 9.04. The van der Waals surface area contributed by atoms with Crippen LogP contribution in [0.1, 0.15) is 11.7 Å². The molecule has 4 aliphatic rings. The standard InChI is InChI=1S/C20H18O7/c1-3-15-17(25-9-23-15)5-11(1)19-13-7-22-20(14(13)8-21-19)27-12-2-4-16-18(6-12)26-10-24-16/h1-6,13-14,19-20H,7-10H2/t13-,14+,19+,20+/m0/s1. The fraction of sp³-hybridized carbons (Fsp3) is 0.400. The molecule has 2 saturated heterocycles. The monoisotopic (exact) mass is 370 g/mol. The Morgan fingerprint density at radius 2 is 1.41 bits per heavy atom. The summed E-state index contributed by atoms with van der Waals surface area (Å²) in [5.74, 6) is 4.10. The first-order chi connectivity index (χ1) is 13.3. The predicted octanol–water partition coefficient (Wildman–Crippen LogP) is 2.88. The molecule has 0 bridgehead atoms. The fourth-order valence-corrected chi connectivity index (χ4v) is 4.15. The molecule has 0 N–H and O–H groups in total. The molecule has 0 amide bonds. The number of hydrogen-bond acceptors (Lipinski definition) is 7. The highest BCUT2D eigenvalue weighted by molar-refractivity contribution is 5.47. The number of ether oxygens (including phenoxy) is 7. The van der Waals surface area contributed by atoms with Gasteiger partial charge in [0.1, 0.15) is 5.75 Å². The van der Waals surface area contributed by atoms with Crippen molar-refractivity contribution >= 4 is 0 Å². The van der Waals surface area contributed by atoms with Gasteiger partial charge < -0.3 is 33.2 Å². The van der Waals surface area contributed by atoms with Gasteiger partial charge in [0, 0.05) is 12.0 Å². The molecule has 0 aliphatic carbocycles. The summed E-state index contributed by atoms with van der Waals surface area (Å²) >= 11 is 0. The van der Waals surface area contributed by atoms with Crippen LogP contribution in [0.2, 0.25) is 0 Å². The Bertz CT molecular complexity index is 883. The van der Waals surface area contributed by atoms with E-state index in [0.717, 1.165) is 22.8 Å². The normalized spacial score (nSPS) is 29.8. The van der Waals surface area contributed by atoms with Crippen LogP contribution in [0, 0.1) is 11.8 Å². The summed E-state index contributed by atoms with van der Waals surface area (Å²) in [6, 6.07) is 11.5. The summed E-state index contributed by atoms with van der Waals surface area (Å²) in [7, 11) is 0. The van der Waals surface area contributed by atoms with Crippen LogP contribution >= 0.6 is 0 Å². The lowest BCUT2D eigenvalue weighted by Gasteiger charge is -2.18. The molecular weight excluding hydrogens is 352 g/mol. The molecule has 4 atom stereocenters. The van der Waals surface area contributed by atoms with Gasteiger partial charge in [0.25, 0.3) is 0 Å². The summed E-state index contributed by atoms with van der Waals surface area (Å²) < 4.78 is 39.8. The van der Waals surface area contributed by atoms with Crippen molar-refractivity contribution in [1.29, 1.82) is 0 Å². The summed E-state index contributed by atoms with van der Waals surface area (Å²) in [5, 5.41) is 0. The highest BCUT2D eigenvalue weighted by Gasteiger charge is 2.49. The van der Waals surface area contributed by atoms with Crippen LogP contribution in [0.4, 0.5) is 0 Å². The summed E-state index contributed by atoms with van der Waals surface area (Å²) in [5.41, 5.74) is 1.08. The quantitative estimate of drug-likeness (QED) is 0.823. The third-order valence-electron chi connectivity index (χ3n) is 5.53. The second kappa shape index (κ2) is 5.94. The zero-order valence-corrected chi connectivity index (χ0v) is 14.5. The number of fused-ring (bicyclic) bond motifs is 3. The van der Waals surface area contributed by atoms with Crippen LogP contribution in [0.25, 0.3) is 0 Å². The highest BCUT2D eigenvalue weighted by Crippen LogP contribution is 2.47. The first kappa shape index (κ1) is 15.4. The lowest BCUT2D eigenvalue weighted by atomic mass is 9.89. The van der Waals surface area contributed by atoms with Crippen molar-refractivity contribution in [3.8, 4) is 28.7 Å². The van der Waals surface area contributed by atoms with E-state index >= 15 is 0 Å². The Hall–Kier alpha value is -2.64. The number of rotatable bonds is 3. The summed E-state index contributed by atoms with van der Waals surface area (Å²) in [6.07, 6.45) is -0.371. The molecule has 0 aromatic heterocycles. The molecule has 2 aromatic carbocycles. The molecule has 4 heterocycles. The Labute approximate surface area is 155 Å². The average molecular weight is 370 g/mol. The molecule has 4 aliphatic heterocycles. The van der Waals surface area contributed by atoms with E-state index in [1.54, 1.807) is 0 Å². The minimum atomic E-state index is -0.339. The largest absolute Gasteiger partial charge is 0.464 e. The number of benzene rings is 2. The van der Waals surface area contributed by atoms with E-state index in [1.807, 2.05) is 36.4 Å². The van der Waals surface area contributed by atoms with Gasteiger partial charge in [-0.25, -0.2) is 0 Å². The van der Waals surface area contributed by atoms with Crippen LogP contribution in [0.5, 0.6) is 28.7 Å². The molecule has 0 saturated carbocycles. The van der Waals surface area contributed by atoms with Crippen molar-refractivity contribution < 1.29 is 33.2 Å². The zero-order valence-electron chi connectivity index (χ0n) is 14.5. The lowest BCUT2D eigenvalue weighted by Crippen LogP contribution is -2.26. The molecule has 27 heavy (non-hydrogen) atoms. The van der Waals surface area contributed by atoms with E-state index in [4.69, 9.17) is 33.2 Å². The van der Waals surface area contributed by atoms with Gasteiger partial charge in [0.05, 0.1) is 25.2 Å². The molecular formula is C20H18O7. The molecule has 0 radical (unpaired) electrons. The first-order valence-electron chi connectivity index (χ1n) is 9.04. The molecule has 6 rings (SSSR count). The van der Waals surface area contributed by atoms with Crippen LogP contribution < -0.4 is 23.7 Å². The van der Waals surface area contributed by atoms with Gasteiger partial charge in [-0.05, 0) is 29.8 Å². The van der Waals surface area contributed by atoms with Gasteiger partial charge in [-0.1, -0.05) is 6.07 Å². The van der Waals surface area contributed by atoms with E-state index in [2.05, 4.69) is 0 Å². The van der Waals surface area contributed by atoms with Gasteiger partial charge in [-0.15, -0.1) is 0 Å². The minimum absolute atomic E-state index is 0.0325. The maximum Gasteiger partial charge on any atom is 0.231 e. The van der Waals surface area contributed by atoms with E-state index in [0.29, 0.717) is 24.7 Å². The third-order valence-corrected chi connectivity index (χ3v) is 5.53. The zero-order chi connectivity index (χ0) is 17.8. The van der Waals surface area contributed by atoms with Crippen molar-refractivity contribution in [2.45, 2.75) is 12.4 Å². The van der Waals surface area contributed by atoms with Crippen LogP contribution in [-0.2, 0) is 9.47 Å². The van der Waals surface area contributed by atoms with E-state index in [-0.39, 0.29) is 37.8 Å². The Morgan fingerprint density at radius 1 is 0.704 bits per heavy atom. The van der Waals surface area contributed by atoms with Crippen molar-refractivity contribution in [2.24, 2.45) is 11.8 Å². The van der Waals surface area contributed by atoms with E-state index in [9.17, 15) is 0 Å². The SMILES string of the molecule is c1cc2c(cc1O[C@H]1OC[C@H]3[C@H]1CO[C@@H]3c1ccc3c(c1)OCO3)OCO2. The smallest absolute Gasteiger partial charge is 0.231 e. The predicted molar refractivity (Wildman–Crippen MR) is 91.2 cm³/mol. The summed E-state index contributed by atoms with van der Waals surface area (Å²) in [4.78, 5) is 0. The molecule has 7 heteroatoms. The van der Waals surface area contributed by atoms with Gasteiger partial charge in [-0.2, -0.15) is 0 Å². The molecule has 2 aromatic rings. The second-order valence-corrected chi connectivity index (χ2v) is 7.03. The van der Waals surface area contributed by atoms with Crippen molar-refractivity contribution in [1.82, 2.24) is 0 Å².